The van der Waals surface area contributed by atoms with E-state index in [4.69, 9.17) is 14.2 Å². The summed E-state index contributed by atoms with van der Waals surface area (Å²) in [5.74, 6) is 2.08. The highest BCUT2D eigenvalue weighted by molar-refractivity contribution is 5.79. The number of nitrogens with zero attached hydrogens (tertiary/aromatic N) is 2. The number of benzene rings is 2. The van der Waals surface area contributed by atoms with E-state index in [-0.39, 0.29) is 17.8 Å². The lowest BCUT2D eigenvalue weighted by atomic mass is 10.0. The van der Waals surface area contributed by atoms with Gasteiger partial charge in [-0.2, -0.15) is 0 Å². The normalized spacial score (nSPS) is 22.0. The first-order valence-electron chi connectivity index (χ1n) is 11.6. The van der Waals surface area contributed by atoms with Crippen molar-refractivity contribution >= 4 is 17.3 Å². The lowest BCUT2D eigenvalue weighted by molar-refractivity contribution is -0.145. The smallest absolute Gasteiger partial charge is 0.309 e. The molecular weight excluding hydrogens is 416 g/mol. The van der Waals surface area contributed by atoms with Crippen LogP contribution in [0.2, 0.25) is 0 Å². The molecule has 0 bridgehead atoms. The average Bonchev–Trinajstić information content (AvgIpc) is 3.44. The van der Waals surface area contributed by atoms with Gasteiger partial charge in [-0.1, -0.05) is 24.3 Å². The molecule has 2 aliphatic carbocycles. The van der Waals surface area contributed by atoms with Gasteiger partial charge in [-0.3, -0.25) is 4.79 Å². The van der Waals surface area contributed by atoms with Crippen molar-refractivity contribution in [2.45, 2.75) is 25.9 Å². The van der Waals surface area contributed by atoms with Crippen LogP contribution in [0.25, 0.3) is 0 Å². The molecule has 3 aliphatic rings. The number of hydrogen-bond acceptors (Lipinski definition) is 6. The van der Waals surface area contributed by atoms with Gasteiger partial charge in [0.05, 0.1) is 24.8 Å². The molecule has 0 radical (unpaired) electrons. The maximum Gasteiger partial charge on any atom is 0.309 e. The molecule has 3 aromatic rings. The number of fused-ring (bicyclic) bond motifs is 4. The number of esters is 1. The van der Waals surface area contributed by atoms with Gasteiger partial charge < -0.3 is 19.1 Å². The van der Waals surface area contributed by atoms with Crippen LogP contribution < -0.4 is 14.4 Å². The fourth-order valence-electron chi connectivity index (χ4n) is 5.29. The van der Waals surface area contributed by atoms with Crippen LogP contribution in [0.1, 0.15) is 29.5 Å². The van der Waals surface area contributed by atoms with Gasteiger partial charge in [0.1, 0.15) is 19.0 Å². The molecule has 1 fully saturated rings. The Morgan fingerprint density at radius 2 is 2.06 bits per heavy atom. The molecule has 33 heavy (non-hydrogen) atoms. The standard InChI is InChI=1S/C27H26N2O4/c1-2-31-27(30)26-20-13-18-14-24(28-15-21(18)25(20)26)33-16-17-8-9-23-22(12-17)29(10-11-32-23)19-6-4-3-5-7-19/h3-9,12,14-15,20,25-26H,2,10-11,13,16H2,1H3/t20-,25-,26+/m1/s1. The van der Waals surface area contributed by atoms with Gasteiger partial charge in [0, 0.05) is 23.9 Å². The third-order valence-corrected chi connectivity index (χ3v) is 6.88. The van der Waals surface area contributed by atoms with E-state index in [1.807, 2.05) is 37.4 Å². The molecule has 6 nitrogen and oxygen atoms in total. The van der Waals surface area contributed by atoms with Crippen LogP contribution in [-0.2, 0) is 22.6 Å². The van der Waals surface area contributed by atoms with Crippen molar-refractivity contribution in [3.8, 4) is 11.6 Å². The van der Waals surface area contributed by atoms with E-state index in [2.05, 4.69) is 40.2 Å². The number of ether oxygens (including phenoxy) is 3. The molecule has 6 heteroatoms. The molecule has 2 aromatic carbocycles. The average molecular weight is 443 g/mol. The minimum absolute atomic E-state index is 0.0105. The summed E-state index contributed by atoms with van der Waals surface area (Å²) in [7, 11) is 0. The number of carbonyl (C=O) groups excluding carboxylic acids is 1. The van der Waals surface area contributed by atoms with Gasteiger partial charge >= 0.3 is 5.97 Å². The largest absolute Gasteiger partial charge is 0.490 e. The molecule has 1 saturated carbocycles. The van der Waals surface area contributed by atoms with Crippen LogP contribution in [-0.4, -0.2) is 30.7 Å². The molecule has 1 aromatic heterocycles. The minimum Gasteiger partial charge on any atom is -0.490 e. The zero-order valence-corrected chi connectivity index (χ0v) is 18.6. The SMILES string of the molecule is CCOC(=O)[C@H]1[C@@H]2Cc3cc(OCc4ccc5c(c4)N(c4ccccc4)CCO5)ncc3[C@@H]21. The van der Waals surface area contributed by atoms with Crippen LogP contribution in [0.5, 0.6) is 11.6 Å². The van der Waals surface area contributed by atoms with E-state index in [0.717, 1.165) is 35.7 Å². The van der Waals surface area contributed by atoms with Crippen LogP contribution in [0.15, 0.2) is 60.8 Å². The lowest BCUT2D eigenvalue weighted by Gasteiger charge is -2.31. The van der Waals surface area contributed by atoms with Gasteiger partial charge in [0.2, 0.25) is 5.88 Å². The number of pyridine rings is 1. The summed E-state index contributed by atoms with van der Waals surface area (Å²) in [6, 6.07) is 18.6. The van der Waals surface area contributed by atoms with E-state index in [9.17, 15) is 4.79 Å². The number of carbonyl (C=O) groups is 1. The van der Waals surface area contributed by atoms with Gasteiger partial charge in [0.15, 0.2) is 0 Å². The molecule has 1 aliphatic heterocycles. The van der Waals surface area contributed by atoms with Crippen molar-refractivity contribution in [1.82, 2.24) is 4.98 Å². The molecule has 0 unspecified atom stereocenters. The zero-order valence-electron chi connectivity index (χ0n) is 18.6. The van der Waals surface area contributed by atoms with Crippen molar-refractivity contribution in [3.05, 3.63) is 77.5 Å². The van der Waals surface area contributed by atoms with E-state index < -0.39 is 0 Å². The summed E-state index contributed by atoms with van der Waals surface area (Å²) in [6.07, 6.45) is 2.77. The quantitative estimate of drug-likeness (QED) is 0.519. The number of hydrogen-bond donors (Lipinski definition) is 0. The first-order chi connectivity index (χ1) is 16.2. The fourth-order valence-corrected chi connectivity index (χ4v) is 5.29. The molecule has 0 spiro atoms. The second-order valence-electron chi connectivity index (χ2n) is 8.82. The van der Waals surface area contributed by atoms with E-state index >= 15 is 0 Å². The third-order valence-electron chi connectivity index (χ3n) is 6.88. The number of aromatic nitrogens is 1. The Hall–Kier alpha value is -3.54. The van der Waals surface area contributed by atoms with Gasteiger partial charge in [-0.05, 0) is 60.2 Å². The first-order valence-corrected chi connectivity index (χ1v) is 11.6. The van der Waals surface area contributed by atoms with Crippen molar-refractivity contribution in [2.24, 2.45) is 11.8 Å². The Bertz CT molecular complexity index is 1200. The van der Waals surface area contributed by atoms with Crippen molar-refractivity contribution in [2.75, 3.05) is 24.7 Å². The Labute approximate surface area is 193 Å². The molecule has 6 rings (SSSR count). The second-order valence-corrected chi connectivity index (χ2v) is 8.82. The molecule has 0 amide bonds. The van der Waals surface area contributed by atoms with E-state index in [0.29, 0.717) is 31.6 Å². The summed E-state index contributed by atoms with van der Waals surface area (Å²) < 4.78 is 17.1. The van der Waals surface area contributed by atoms with Crippen LogP contribution in [0, 0.1) is 11.8 Å². The van der Waals surface area contributed by atoms with Crippen LogP contribution in [0.4, 0.5) is 11.4 Å². The highest BCUT2D eigenvalue weighted by atomic mass is 16.5. The number of anilines is 2. The Balaban J connectivity index is 1.15. The summed E-state index contributed by atoms with van der Waals surface area (Å²) in [4.78, 5) is 18.9. The van der Waals surface area contributed by atoms with Gasteiger partial charge in [-0.25, -0.2) is 4.98 Å². The summed E-state index contributed by atoms with van der Waals surface area (Å²) in [5, 5.41) is 0. The van der Waals surface area contributed by atoms with Crippen molar-refractivity contribution in [3.63, 3.8) is 0 Å². The van der Waals surface area contributed by atoms with Gasteiger partial charge in [-0.15, -0.1) is 0 Å². The minimum atomic E-state index is -0.0700. The lowest BCUT2D eigenvalue weighted by Crippen LogP contribution is -2.28. The number of rotatable bonds is 6. The molecule has 0 N–H and O–H groups in total. The third kappa shape index (κ3) is 3.59. The van der Waals surface area contributed by atoms with Gasteiger partial charge in [0.25, 0.3) is 0 Å². The molecule has 3 atom stereocenters. The predicted molar refractivity (Wildman–Crippen MR) is 124 cm³/mol. The first kappa shape index (κ1) is 20.1. The summed E-state index contributed by atoms with van der Waals surface area (Å²) in [5.41, 5.74) is 5.69. The molecule has 2 heterocycles. The maximum absolute atomic E-state index is 12.1. The molecular formula is C27H26N2O4. The fraction of sp³-hybridized carbons (Fsp3) is 0.333. The highest BCUT2D eigenvalue weighted by Gasteiger charge is 2.60. The number of para-hydroxylation sites is 1. The van der Waals surface area contributed by atoms with Crippen molar-refractivity contribution < 1.29 is 19.0 Å². The monoisotopic (exact) mass is 442 g/mol. The zero-order chi connectivity index (χ0) is 22.4. The highest BCUT2D eigenvalue weighted by Crippen LogP contribution is 2.61. The molecule has 0 saturated heterocycles. The van der Waals surface area contributed by atoms with Crippen LogP contribution in [0.3, 0.4) is 0 Å². The van der Waals surface area contributed by atoms with E-state index in [1.54, 1.807) is 0 Å². The Morgan fingerprint density at radius 3 is 2.91 bits per heavy atom. The summed E-state index contributed by atoms with van der Waals surface area (Å²) >= 11 is 0. The van der Waals surface area contributed by atoms with E-state index in [1.165, 1.54) is 11.1 Å². The molecule has 168 valence electrons. The topological polar surface area (TPSA) is 60.9 Å². The Morgan fingerprint density at radius 1 is 1.18 bits per heavy atom. The van der Waals surface area contributed by atoms with Crippen molar-refractivity contribution in [1.29, 1.82) is 0 Å². The maximum atomic E-state index is 12.1. The second kappa shape index (κ2) is 8.10. The summed E-state index contributed by atoms with van der Waals surface area (Å²) in [6.45, 7) is 4.19. The van der Waals surface area contributed by atoms with Crippen LogP contribution >= 0.6 is 0 Å². The predicted octanol–water partition coefficient (Wildman–Crippen LogP) is 4.64. The Kier molecular flexibility index (Phi) is 4.93.